The topological polar surface area (TPSA) is 128 Å². The second-order valence-electron chi connectivity index (χ2n) is 5.75. The van der Waals surface area contributed by atoms with Crippen LogP contribution in [0.4, 0.5) is 30.4 Å². The number of pyridine rings is 1. The van der Waals surface area contributed by atoms with Gasteiger partial charge in [-0.05, 0) is 24.3 Å². The van der Waals surface area contributed by atoms with Gasteiger partial charge in [0.1, 0.15) is 5.82 Å². The third-order valence-corrected chi connectivity index (χ3v) is 3.64. The molecule has 0 saturated heterocycles. The van der Waals surface area contributed by atoms with E-state index in [-0.39, 0.29) is 5.82 Å². The number of nitrogens with zero attached hydrogens (tertiary/aromatic N) is 3. The average Bonchev–Trinajstić information content (AvgIpc) is 2.74. The Morgan fingerprint density at radius 2 is 1.39 bits per heavy atom. The lowest BCUT2D eigenvalue weighted by Crippen LogP contribution is -2.14. The summed E-state index contributed by atoms with van der Waals surface area (Å²) in [6.45, 7) is 0. The molecule has 0 spiro atoms. The Labute approximate surface area is 172 Å². The number of alkyl halides is 3. The first-order chi connectivity index (χ1) is 14.6. The van der Waals surface area contributed by atoms with Crippen molar-refractivity contribution in [1.82, 2.24) is 4.98 Å². The predicted octanol–water partition coefficient (Wildman–Crippen LogP) is 4.86. The number of aromatic nitrogens is 1. The van der Waals surface area contributed by atoms with Crippen LogP contribution >= 0.6 is 0 Å². The highest BCUT2D eigenvalue weighted by molar-refractivity contribution is 6.03. The van der Waals surface area contributed by atoms with Crippen LogP contribution in [0.15, 0.2) is 72.9 Å². The Morgan fingerprint density at radius 1 is 0.871 bits per heavy atom. The number of hydrogen-bond donors (Lipinski definition) is 1. The molecule has 0 radical (unpaired) electrons. The lowest BCUT2D eigenvalue weighted by Gasteiger charge is -2.09. The number of para-hydroxylation sites is 2. The van der Waals surface area contributed by atoms with Gasteiger partial charge < -0.3 is 5.32 Å². The molecule has 1 amide bonds. The number of nitro benzene ring substituents is 2. The number of nitro groups is 2. The van der Waals surface area contributed by atoms with E-state index in [4.69, 9.17) is 0 Å². The number of carbonyl (C=O) groups is 1. The van der Waals surface area contributed by atoms with Crippen molar-refractivity contribution in [3.63, 3.8) is 0 Å². The number of halogens is 3. The highest BCUT2D eigenvalue weighted by Gasteiger charge is 2.30. The minimum absolute atomic E-state index is 0.135. The molecule has 0 aliphatic heterocycles. The van der Waals surface area contributed by atoms with E-state index < -0.39 is 38.9 Å². The van der Waals surface area contributed by atoms with E-state index in [1.165, 1.54) is 12.1 Å². The zero-order valence-electron chi connectivity index (χ0n) is 15.4. The van der Waals surface area contributed by atoms with Crippen molar-refractivity contribution in [2.24, 2.45) is 0 Å². The van der Waals surface area contributed by atoms with Crippen LogP contribution in [0.25, 0.3) is 0 Å². The first-order valence-electron chi connectivity index (χ1n) is 8.37. The Balaban J connectivity index is 0.000000245. The third kappa shape index (κ3) is 6.59. The summed E-state index contributed by atoms with van der Waals surface area (Å²) in [5.41, 5.74) is -1.47. The van der Waals surface area contributed by atoms with Gasteiger partial charge in [-0.3, -0.25) is 25.0 Å². The van der Waals surface area contributed by atoms with Crippen molar-refractivity contribution in [3.8, 4) is 0 Å². The first-order valence-corrected chi connectivity index (χ1v) is 8.37. The van der Waals surface area contributed by atoms with E-state index in [0.717, 1.165) is 30.5 Å². The number of benzene rings is 2. The highest BCUT2D eigenvalue weighted by atomic mass is 19.4. The smallest absolute Gasteiger partial charge is 0.307 e. The van der Waals surface area contributed by atoms with Crippen LogP contribution in [0.1, 0.15) is 15.9 Å². The SMILES string of the molecule is O=C(Nc1cc(C(F)(F)F)ccn1)c1ccccc1.O=[N+]([O-])c1ccccc1[N+](=O)[O-]. The molecule has 3 rings (SSSR count). The molecule has 0 aliphatic rings. The molecule has 0 bridgehead atoms. The molecule has 0 atom stereocenters. The van der Waals surface area contributed by atoms with Crippen molar-refractivity contribution < 1.29 is 27.8 Å². The van der Waals surface area contributed by atoms with Crippen molar-refractivity contribution in [3.05, 3.63) is 104 Å². The zero-order valence-corrected chi connectivity index (χ0v) is 15.4. The summed E-state index contributed by atoms with van der Waals surface area (Å²) in [4.78, 5) is 34.3. The van der Waals surface area contributed by atoms with Crippen LogP contribution in [-0.4, -0.2) is 20.7 Å². The lowest BCUT2D eigenvalue weighted by atomic mass is 10.2. The van der Waals surface area contributed by atoms with Crippen molar-refractivity contribution in [2.75, 3.05) is 5.32 Å². The normalized spacial score (nSPS) is 10.4. The van der Waals surface area contributed by atoms with Crippen LogP contribution < -0.4 is 5.32 Å². The van der Waals surface area contributed by atoms with Gasteiger partial charge in [0.05, 0.1) is 15.4 Å². The van der Waals surface area contributed by atoms with Crippen LogP contribution in [0.3, 0.4) is 0 Å². The molecule has 1 N–H and O–H groups in total. The average molecular weight is 434 g/mol. The fourth-order valence-corrected chi connectivity index (χ4v) is 2.23. The predicted molar refractivity (Wildman–Crippen MR) is 103 cm³/mol. The molecule has 0 unspecified atom stereocenters. The molecule has 1 heterocycles. The van der Waals surface area contributed by atoms with Gasteiger partial charge >= 0.3 is 17.6 Å². The quantitative estimate of drug-likeness (QED) is 0.461. The minimum Gasteiger partial charge on any atom is -0.307 e. The van der Waals surface area contributed by atoms with Gasteiger partial charge in [-0.25, -0.2) is 4.98 Å². The second kappa shape index (κ2) is 9.91. The second-order valence-corrected chi connectivity index (χ2v) is 5.75. The van der Waals surface area contributed by atoms with Gasteiger partial charge in [-0.15, -0.1) is 0 Å². The zero-order chi connectivity index (χ0) is 23.0. The molecule has 3 aromatic rings. The Hall–Kier alpha value is -4.35. The molecule has 160 valence electrons. The van der Waals surface area contributed by atoms with Gasteiger partial charge in [-0.1, -0.05) is 30.3 Å². The van der Waals surface area contributed by atoms with Crippen LogP contribution in [0, 0.1) is 20.2 Å². The van der Waals surface area contributed by atoms with E-state index in [0.29, 0.717) is 5.56 Å². The van der Waals surface area contributed by atoms with Gasteiger partial charge in [0.25, 0.3) is 5.91 Å². The fourth-order valence-electron chi connectivity index (χ4n) is 2.23. The number of anilines is 1. The van der Waals surface area contributed by atoms with Crippen molar-refractivity contribution >= 4 is 23.1 Å². The summed E-state index contributed by atoms with van der Waals surface area (Å²) in [7, 11) is 0. The molecule has 2 aromatic carbocycles. The van der Waals surface area contributed by atoms with Crippen LogP contribution in [0.2, 0.25) is 0 Å². The van der Waals surface area contributed by atoms with Gasteiger partial charge in [0, 0.05) is 23.9 Å². The summed E-state index contributed by atoms with van der Waals surface area (Å²) in [6, 6.07) is 14.8. The van der Waals surface area contributed by atoms with E-state index in [1.807, 2.05) is 0 Å². The van der Waals surface area contributed by atoms with Gasteiger partial charge in [0.15, 0.2) is 0 Å². The minimum atomic E-state index is -4.46. The molecule has 12 heteroatoms. The molecule has 1 aromatic heterocycles. The Morgan fingerprint density at radius 3 is 1.87 bits per heavy atom. The molecule has 0 saturated carbocycles. The number of carbonyl (C=O) groups excluding carboxylic acids is 1. The van der Waals surface area contributed by atoms with Crippen molar-refractivity contribution in [2.45, 2.75) is 6.18 Å². The lowest BCUT2D eigenvalue weighted by molar-refractivity contribution is -0.422. The molecule has 0 aliphatic carbocycles. The maximum Gasteiger partial charge on any atom is 0.416 e. The molecule has 0 fully saturated rings. The van der Waals surface area contributed by atoms with Gasteiger partial charge in [-0.2, -0.15) is 13.2 Å². The molecule has 9 nitrogen and oxygen atoms in total. The maximum atomic E-state index is 12.5. The molecular weight excluding hydrogens is 421 g/mol. The Bertz CT molecular complexity index is 1060. The van der Waals surface area contributed by atoms with E-state index >= 15 is 0 Å². The summed E-state index contributed by atoms with van der Waals surface area (Å²) in [6.07, 6.45) is -3.46. The van der Waals surface area contributed by atoms with Gasteiger partial charge in [0.2, 0.25) is 0 Å². The van der Waals surface area contributed by atoms with Crippen LogP contribution in [0.5, 0.6) is 0 Å². The highest BCUT2D eigenvalue weighted by Crippen LogP contribution is 2.30. The first kappa shape index (κ1) is 22.9. The number of nitrogens with one attached hydrogen (secondary N) is 1. The largest absolute Gasteiger partial charge is 0.416 e. The molecule has 31 heavy (non-hydrogen) atoms. The van der Waals surface area contributed by atoms with E-state index in [2.05, 4.69) is 10.3 Å². The Kier molecular flexibility index (Phi) is 7.33. The fraction of sp³-hybridized carbons (Fsp3) is 0.0526. The van der Waals surface area contributed by atoms with Crippen LogP contribution in [-0.2, 0) is 6.18 Å². The monoisotopic (exact) mass is 434 g/mol. The summed E-state index contributed by atoms with van der Waals surface area (Å²) in [5, 5.41) is 22.8. The number of hydrogen-bond acceptors (Lipinski definition) is 6. The standard InChI is InChI=1S/C13H9F3N2O.C6H4N2O4/c14-13(15,16)10-6-7-17-11(8-10)18-12(19)9-4-2-1-3-5-9;9-7(10)5-3-1-2-4-6(5)8(11)12/h1-8H,(H,17,18,19);1-4H. The number of rotatable bonds is 4. The van der Waals surface area contributed by atoms with E-state index in [9.17, 15) is 38.2 Å². The number of amides is 1. The summed E-state index contributed by atoms with van der Waals surface area (Å²) in [5.74, 6) is -0.642. The summed E-state index contributed by atoms with van der Waals surface area (Å²) >= 11 is 0. The van der Waals surface area contributed by atoms with Crippen molar-refractivity contribution in [1.29, 1.82) is 0 Å². The maximum absolute atomic E-state index is 12.5. The molecular formula is C19H13F3N4O5. The summed E-state index contributed by atoms with van der Waals surface area (Å²) < 4.78 is 37.5. The third-order valence-electron chi connectivity index (χ3n) is 3.64. The van der Waals surface area contributed by atoms with E-state index in [1.54, 1.807) is 30.3 Å².